The van der Waals surface area contributed by atoms with E-state index in [1.807, 2.05) is 26.0 Å². The summed E-state index contributed by atoms with van der Waals surface area (Å²) in [4.78, 5) is 11.4. The molecule has 0 saturated carbocycles. The second kappa shape index (κ2) is 10.7. The van der Waals surface area contributed by atoms with E-state index >= 15 is 0 Å². The van der Waals surface area contributed by atoms with Crippen LogP contribution in [0.1, 0.15) is 19.4 Å². The van der Waals surface area contributed by atoms with Crippen LogP contribution in [-0.4, -0.2) is 33.2 Å². The van der Waals surface area contributed by atoms with Crippen molar-refractivity contribution in [3.8, 4) is 11.5 Å². The fourth-order valence-electron chi connectivity index (χ4n) is 1.73. The maximum Gasteiger partial charge on any atom is 0.222 e. The first-order valence-electron chi connectivity index (χ1n) is 6.88. The van der Waals surface area contributed by atoms with Gasteiger partial charge in [0.05, 0.1) is 14.2 Å². The molecule has 7 heteroatoms. The van der Waals surface area contributed by atoms with Gasteiger partial charge in [-0.05, 0) is 17.7 Å². The van der Waals surface area contributed by atoms with E-state index in [1.54, 1.807) is 14.2 Å². The van der Waals surface area contributed by atoms with Crippen LogP contribution in [0.4, 0.5) is 0 Å². The van der Waals surface area contributed by atoms with Crippen molar-refractivity contribution in [2.45, 2.75) is 20.4 Å². The minimum atomic E-state index is 0. The molecule has 0 aliphatic heterocycles. The lowest BCUT2D eigenvalue weighted by Gasteiger charge is -2.13. The van der Waals surface area contributed by atoms with Gasteiger partial charge in [-0.15, -0.1) is 12.4 Å². The van der Waals surface area contributed by atoms with Crippen LogP contribution >= 0.6 is 28.3 Å². The maximum absolute atomic E-state index is 11.4. The lowest BCUT2D eigenvalue weighted by molar-refractivity contribution is -0.123. The van der Waals surface area contributed by atoms with E-state index in [4.69, 9.17) is 9.47 Å². The number of nitrogens with one attached hydrogen (secondary N) is 2. The molecule has 1 amide bonds. The van der Waals surface area contributed by atoms with E-state index in [0.717, 1.165) is 10.0 Å². The highest BCUT2D eigenvalue weighted by atomic mass is 79.9. The minimum absolute atomic E-state index is 0. The number of amides is 1. The second-order valence-electron chi connectivity index (χ2n) is 4.92. The third-order valence-electron chi connectivity index (χ3n) is 2.99. The normalized spacial score (nSPS) is 10.1. The number of carbonyl (C=O) groups is 1. The van der Waals surface area contributed by atoms with E-state index in [9.17, 15) is 4.79 Å². The number of halogens is 2. The molecular weight excluding hydrogens is 372 g/mol. The number of methoxy groups -OCH3 is 2. The van der Waals surface area contributed by atoms with Crippen molar-refractivity contribution in [3.63, 3.8) is 0 Å². The summed E-state index contributed by atoms with van der Waals surface area (Å²) in [6.07, 6.45) is 0. The van der Waals surface area contributed by atoms with Crippen LogP contribution in [0.25, 0.3) is 0 Å². The highest BCUT2D eigenvalue weighted by Gasteiger charge is 2.09. The third-order valence-corrected chi connectivity index (χ3v) is 3.73. The van der Waals surface area contributed by atoms with E-state index in [2.05, 4.69) is 26.6 Å². The number of rotatable bonds is 8. The number of hydrogen-bond acceptors (Lipinski definition) is 4. The zero-order valence-electron chi connectivity index (χ0n) is 13.4. The second-order valence-corrected chi connectivity index (χ2v) is 5.78. The molecule has 126 valence electrons. The summed E-state index contributed by atoms with van der Waals surface area (Å²) in [5.74, 6) is 1.48. The van der Waals surface area contributed by atoms with Gasteiger partial charge in [0, 0.05) is 30.0 Å². The molecule has 0 saturated heterocycles. The molecule has 22 heavy (non-hydrogen) atoms. The van der Waals surface area contributed by atoms with Crippen molar-refractivity contribution in [1.82, 2.24) is 10.6 Å². The smallest absolute Gasteiger partial charge is 0.222 e. The predicted molar refractivity (Wildman–Crippen MR) is 94.0 cm³/mol. The first kappa shape index (κ1) is 21.0. The van der Waals surface area contributed by atoms with Gasteiger partial charge < -0.3 is 20.1 Å². The average molecular weight is 396 g/mol. The molecule has 0 fully saturated rings. The average Bonchev–Trinajstić information content (AvgIpc) is 2.47. The zero-order chi connectivity index (χ0) is 15.8. The van der Waals surface area contributed by atoms with Gasteiger partial charge in [0.1, 0.15) is 0 Å². The summed E-state index contributed by atoms with van der Waals surface area (Å²) in [6.45, 7) is 5.76. The van der Waals surface area contributed by atoms with Crippen LogP contribution < -0.4 is 20.1 Å². The Kier molecular flexibility index (Phi) is 10.2. The molecular formula is C15H24BrClN2O3. The molecule has 1 rings (SSSR count). The first-order chi connectivity index (χ1) is 9.99. The molecule has 0 aliphatic rings. The molecule has 0 spiro atoms. The van der Waals surface area contributed by atoms with Gasteiger partial charge in [-0.2, -0.15) is 0 Å². The zero-order valence-corrected chi connectivity index (χ0v) is 15.8. The van der Waals surface area contributed by atoms with Gasteiger partial charge in [-0.1, -0.05) is 29.8 Å². The Balaban J connectivity index is 0.00000441. The van der Waals surface area contributed by atoms with Gasteiger partial charge >= 0.3 is 0 Å². The largest absolute Gasteiger partial charge is 0.493 e. The predicted octanol–water partition coefficient (Wildman–Crippen LogP) is 2.75. The summed E-state index contributed by atoms with van der Waals surface area (Å²) in [6, 6.07) is 3.82. The molecule has 2 N–H and O–H groups in total. The molecule has 1 aromatic carbocycles. The van der Waals surface area contributed by atoms with E-state index < -0.39 is 0 Å². The van der Waals surface area contributed by atoms with Gasteiger partial charge in [-0.3, -0.25) is 4.79 Å². The standard InChI is InChI=1S/C15H23BrN2O3.ClH/c1-10(2)15(19)18-6-5-17-9-11-7-13(20-3)14(21-4)8-12(11)16;/h7-8,10,17H,5-6,9H2,1-4H3,(H,18,19);1H. The fraction of sp³-hybridized carbons (Fsp3) is 0.533. The van der Waals surface area contributed by atoms with Crippen LogP contribution in [0.15, 0.2) is 16.6 Å². The Morgan fingerprint density at radius 3 is 2.32 bits per heavy atom. The number of carbonyl (C=O) groups excluding carboxylic acids is 1. The van der Waals surface area contributed by atoms with Gasteiger partial charge in [0.15, 0.2) is 11.5 Å². The number of hydrogen-bond donors (Lipinski definition) is 2. The molecule has 5 nitrogen and oxygen atoms in total. The monoisotopic (exact) mass is 394 g/mol. The summed E-state index contributed by atoms with van der Waals surface area (Å²) in [5.41, 5.74) is 1.07. The molecule has 0 heterocycles. The van der Waals surface area contributed by atoms with Crippen LogP contribution in [0.5, 0.6) is 11.5 Å². The Hall–Kier alpha value is -0.980. The van der Waals surface area contributed by atoms with Crippen LogP contribution in [0.3, 0.4) is 0 Å². The van der Waals surface area contributed by atoms with Gasteiger partial charge in [0.2, 0.25) is 5.91 Å². The van der Waals surface area contributed by atoms with Crippen LogP contribution in [-0.2, 0) is 11.3 Å². The van der Waals surface area contributed by atoms with Crippen molar-refractivity contribution in [3.05, 3.63) is 22.2 Å². The third kappa shape index (κ3) is 6.42. The lowest BCUT2D eigenvalue weighted by Crippen LogP contribution is -2.34. The van der Waals surface area contributed by atoms with Crippen molar-refractivity contribution >= 4 is 34.2 Å². The highest BCUT2D eigenvalue weighted by molar-refractivity contribution is 9.10. The molecule has 1 aromatic rings. The first-order valence-corrected chi connectivity index (χ1v) is 7.67. The summed E-state index contributed by atoms with van der Waals surface area (Å²) in [5, 5.41) is 6.15. The topological polar surface area (TPSA) is 59.6 Å². The van der Waals surface area contributed by atoms with Gasteiger partial charge in [0.25, 0.3) is 0 Å². The van der Waals surface area contributed by atoms with E-state index in [0.29, 0.717) is 31.1 Å². The van der Waals surface area contributed by atoms with Gasteiger partial charge in [-0.25, -0.2) is 0 Å². The van der Waals surface area contributed by atoms with Crippen molar-refractivity contribution in [2.24, 2.45) is 5.92 Å². The Morgan fingerprint density at radius 2 is 1.77 bits per heavy atom. The Labute approximate surface area is 146 Å². The quantitative estimate of drug-likeness (QED) is 0.665. The number of ether oxygens (including phenoxy) is 2. The molecule has 0 atom stereocenters. The maximum atomic E-state index is 11.4. The van der Waals surface area contributed by atoms with Crippen molar-refractivity contribution in [2.75, 3.05) is 27.3 Å². The Morgan fingerprint density at radius 1 is 1.18 bits per heavy atom. The highest BCUT2D eigenvalue weighted by Crippen LogP contribution is 2.33. The summed E-state index contributed by atoms with van der Waals surface area (Å²) >= 11 is 3.52. The molecule has 0 aliphatic carbocycles. The summed E-state index contributed by atoms with van der Waals surface area (Å²) < 4.78 is 11.5. The van der Waals surface area contributed by atoms with Crippen LogP contribution in [0, 0.1) is 5.92 Å². The van der Waals surface area contributed by atoms with E-state index in [1.165, 1.54) is 0 Å². The molecule has 0 aromatic heterocycles. The number of benzene rings is 1. The molecule has 0 radical (unpaired) electrons. The minimum Gasteiger partial charge on any atom is -0.493 e. The van der Waals surface area contributed by atoms with Crippen molar-refractivity contribution < 1.29 is 14.3 Å². The van der Waals surface area contributed by atoms with Crippen molar-refractivity contribution in [1.29, 1.82) is 0 Å². The Bertz CT molecular complexity index is 484. The molecule has 0 bridgehead atoms. The van der Waals surface area contributed by atoms with E-state index in [-0.39, 0.29) is 24.2 Å². The lowest BCUT2D eigenvalue weighted by atomic mass is 10.2. The summed E-state index contributed by atoms with van der Waals surface area (Å²) in [7, 11) is 3.23. The SMILES string of the molecule is COc1cc(Br)c(CNCCNC(=O)C(C)C)cc1OC.Cl. The molecule has 0 unspecified atom stereocenters. The fourth-order valence-corrected chi connectivity index (χ4v) is 2.20. The van der Waals surface area contributed by atoms with Crippen LogP contribution in [0.2, 0.25) is 0 Å².